The zero-order chi connectivity index (χ0) is 14.3. The number of carbonyl (C=O) groups excluding carboxylic acids is 1. The molecule has 19 heavy (non-hydrogen) atoms. The monoisotopic (exact) mass is 304 g/mol. The smallest absolute Gasteiger partial charge is 0.224 e. The van der Waals surface area contributed by atoms with Gasteiger partial charge in [0.05, 0.1) is 10.0 Å². The molecule has 1 aromatic rings. The molecule has 1 heterocycles. The number of nitrogens with zero attached hydrogens (tertiary/aromatic N) is 1. The molecule has 0 aliphatic carbocycles. The van der Waals surface area contributed by atoms with E-state index in [1.54, 1.807) is 6.07 Å². The summed E-state index contributed by atoms with van der Waals surface area (Å²) >= 11 is 11.7. The van der Waals surface area contributed by atoms with Crippen LogP contribution >= 0.6 is 23.2 Å². The van der Waals surface area contributed by atoms with Crippen LogP contribution < -0.4 is 16.0 Å². The summed E-state index contributed by atoms with van der Waals surface area (Å²) in [5.41, 5.74) is 0. The minimum absolute atomic E-state index is 0.0197. The van der Waals surface area contributed by atoms with Crippen molar-refractivity contribution in [3.63, 3.8) is 0 Å². The highest BCUT2D eigenvalue weighted by Gasteiger charge is 2.10. The van der Waals surface area contributed by atoms with Crippen LogP contribution in [0.3, 0.4) is 0 Å². The van der Waals surface area contributed by atoms with Crippen LogP contribution in [-0.4, -0.2) is 37.6 Å². The maximum absolute atomic E-state index is 11.6. The fraction of sp³-hybridized carbons (Fsp3) is 0.500. The van der Waals surface area contributed by atoms with Gasteiger partial charge in [0.1, 0.15) is 5.82 Å². The molecule has 1 amide bonds. The molecular weight excluding hydrogens is 287 g/mol. The lowest BCUT2D eigenvalue weighted by molar-refractivity contribution is -0.124. The Balaban J connectivity index is 2.29. The Bertz CT molecular complexity index is 428. The number of hydrogen-bond donors (Lipinski definition) is 3. The summed E-state index contributed by atoms with van der Waals surface area (Å²) in [6, 6.07) is 1.62. The SMILES string of the molecule is CNCC(C)C(=O)NCCNc1ncc(Cl)cc1Cl. The van der Waals surface area contributed by atoms with Gasteiger partial charge in [0, 0.05) is 31.7 Å². The second-order valence-electron chi connectivity index (χ2n) is 4.16. The van der Waals surface area contributed by atoms with E-state index in [-0.39, 0.29) is 11.8 Å². The van der Waals surface area contributed by atoms with Crippen molar-refractivity contribution in [1.29, 1.82) is 0 Å². The minimum atomic E-state index is -0.0535. The first-order valence-electron chi connectivity index (χ1n) is 6.01. The topological polar surface area (TPSA) is 66.1 Å². The number of nitrogens with one attached hydrogen (secondary N) is 3. The molecule has 1 atom stereocenters. The van der Waals surface area contributed by atoms with E-state index in [1.807, 2.05) is 14.0 Å². The molecule has 0 aliphatic rings. The Labute approximate surface area is 123 Å². The molecule has 0 aromatic carbocycles. The molecule has 0 saturated carbocycles. The third-order valence-electron chi connectivity index (χ3n) is 2.48. The van der Waals surface area contributed by atoms with E-state index in [0.717, 1.165) is 0 Å². The summed E-state index contributed by atoms with van der Waals surface area (Å²) in [7, 11) is 1.82. The summed E-state index contributed by atoms with van der Waals surface area (Å²) in [4.78, 5) is 15.7. The van der Waals surface area contributed by atoms with Crippen molar-refractivity contribution >= 4 is 34.9 Å². The van der Waals surface area contributed by atoms with Gasteiger partial charge in [-0.15, -0.1) is 0 Å². The summed E-state index contributed by atoms with van der Waals surface area (Å²) in [5, 5.41) is 9.78. The highest BCUT2D eigenvalue weighted by atomic mass is 35.5. The number of aromatic nitrogens is 1. The number of carbonyl (C=O) groups is 1. The Morgan fingerprint density at radius 3 is 2.79 bits per heavy atom. The van der Waals surface area contributed by atoms with Crippen LogP contribution in [0.25, 0.3) is 0 Å². The van der Waals surface area contributed by atoms with Gasteiger partial charge in [-0.3, -0.25) is 4.79 Å². The molecule has 1 aromatic heterocycles. The van der Waals surface area contributed by atoms with Crippen LogP contribution in [0.4, 0.5) is 5.82 Å². The fourth-order valence-corrected chi connectivity index (χ4v) is 1.93. The van der Waals surface area contributed by atoms with Gasteiger partial charge < -0.3 is 16.0 Å². The third-order valence-corrected chi connectivity index (χ3v) is 2.98. The lowest BCUT2D eigenvalue weighted by Gasteiger charge is -2.12. The number of amides is 1. The molecule has 0 fully saturated rings. The van der Waals surface area contributed by atoms with Crippen LogP contribution in [0.5, 0.6) is 0 Å². The van der Waals surface area contributed by atoms with Crippen molar-refractivity contribution in [3.05, 3.63) is 22.3 Å². The van der Waals surface area contributed by atoms with E-state index >= 15 is 0 Å². The van der Waals surface area contributed by atoms with Gasteiger partial charge in [-0.1, -0.05) is 30.1 Å². The highest BCUT2D eigenvalue weighted by molar-refractivity contribution is 6.35. The van der Waals surface area contributed by atoms with Crippen molar-refractivity contribution in [1.82, 2.24) is 15.6 Å². The van der Waals surface area contributed by atoms with Gasteiger partial charge in [-0.05, 0) is 13.1 Å². The van der Waals surface area contributed by atoms with Crippen molar-refractivity contribution in [2.45, 2.75) is 6.92 Å². The highest BCUT2D eigenvalue weighted by Crippen LogP contribution is 2.21. The van der Waals surface area contributed by atoms with Gasteiger partial charge >= 0.3 is 0 Å². The Morgan fingerprint density at radius 1 is 1.42 bits per heavy atom. The van der Waals surface area contributed by atoms with E-state index in [2.05, 4.69) is 20.9 Å². The summed E-state index contributed by atoms with van der Waals surface area (Å²) < 4.78 is 0. The molecule has 106 valence electrons. The molecule has 0 bridgehead atoms. The summed E-state index contributed by atoms with van der Waals surface area (Å²) in [6.45, 7) is 3.58. The molecular formula is C12H18Cl2N4O. The molecule has 1 unspecified atom stereocenters. The lowest BCUT2D eigenvalue weighted by atomic mass is 10.1. The lowest BCUT2D eigenvalue weighted by Crippen LogP contribution is -2.36. The Hall–Kier alpha value is -1.04. The first-order valence-corrected chi connectivity index (χ1v) is 6.77. The van der Waals surface area contributed by atoms with Gasteiger partial charge in [-0.2, -0.15) is 0 Å². The van der Waals surface area contributed by atoms with Crippen molar-refractivity contribution in [2.24, 2.45) is 5.92 Å². The molecule has 1 rings (SSSR count). The fourth-order valence-electron chi connectivity index (χ4n) is 1.48. The largest absolute Gasteiger partial charge is 0.367 e. The molecule has 0 saturated heterocycles. The third kappa shape index (κ3) is 5.63. The van der Waals surface area contributed by atoms with Crippen molar-refractivity contribution in [3.8, 4) is 0 Å². The van der Waals surface area contributed by atoms with E-state index in [9.17, 15) is 4.79 Å². The van der Waals surface area contributed by atoms with Crippen LogP contribution in [0.15, 0.2) is 12.3 Å². The van der Waals surface area contributed by atoms with Crippen LogP contribution in [0.2, 0.25) is 10.0 Å². The number of hydrogen-bond acceptors (Lipinski definition) is 4. The normalized spacial score (nSPS) is 12.0. The van der Waals surface area contributed by atoms with Crippen molar-refractivity contribution < 1.29 is 4.79 Å². The average molecular weight is 305 g/mol. The molecule has 5 nitrogen and oxygen atoms in total. The van der Waals surface area contributed by atoms with Crippen LogP contribution in [-0.2, 0) is 4.79 Å². The second-order valence-corrected chi connectivity index (χ2v) is 5.00. The van der Waals surface area contributed by atoms with E-state index < -0.39 is 0 Å². The minimum Gasteiger partial charge on any atom is -0.367 e. The summed E-state index contributed by atoms with van der Waals surface area (Å²) in [5.74, 6) is 0.525. The van der Waals surface area contributed by atoms with Gasteiger partial charge in [0.25, 0.3) is 0 Å². The predicted molar refractivity (Wildman–Crippen MR) is 78.8 cm³/mol. The first kappa shape index (κ1) is 16.0. The van der Waals surface area contributed by atoms with Gasteiger partial charge in [0.2, 0.25) is 5.91 Å². The Kier molecular flexibility index (Phi) is 6.91. The number of halogens is 2. The quantitative estimate of drug-likeness (QED) is 0.672. The molecule has 3 N–H and O–H groups in total. The van der Waals surface area contributed by atoms with Crippen LogP contribution in [0.1, 0.15) is 6.92 Å². The molecule has 7 heteroatoms. The predicted octanol–water partition coefficient (Wildman–Crippen LogP) is 1.77. The number of rotatable bonds is 7. The zero-order valence-corrected chi connectivity index (χ0v) is 12.5. The van der Waals surface area contributed by atoms with Gasteiger partial charge in [0.15, 0.2) is 0 Å². The maximum Gasteiger partial charge on any atom is 0.224 e. The number of anilines is 1. The molecule has 0 radical (unpaired) electrons. The first-order chi connectivity index (χ1) is 9.04. The standard InChI is InChI=1S/C12H18Cl2N4O/c1-8(6-15-2)12(19)17-4-3-16-11-10(14)5-9(13)7-18-11/h5,7-8,15H,3-4,6H2,1-2H3,(H,16,18)(H,17,19). The zero-order valence-electron chi connectivity index (χ0n) is 11.0. The van der Waals surface area contributed by atoms with Crippen LogP contribution in [0, 0.1) is 5.92 Å². The average Bonchev–Trinajstić information content (AvgIpc) is 2.36. The summed E-state index contributed by atoms with van der Waals surface area (Å²) in [6.07, 6.45) is 1.52. The number of pyridine rings is 1. The van der Waals surface area contributed by atoms with E-state index in [4.69, 9.17) is 23.2 Å². The second kappa shape index (κ2) is 8.19. The molecule has 0 spiro atoms. The van der Waals surface area contributed by atoms with Gasteiger partial charge in [-0.25, -0.2) is 4.98 Å². The van der Waals surface area contributed by atoms with E-state index in [1.165, 1.54) is 6.20 Å². The maximum atomic E-state index is 11.6. The van der Waals surface area contributed by atoms with Crippen molar-refractivity contribution in [2.75, 3.05) is 32.0 Å². The Morgan fingerprint density at radius 2 is 2.16 bits per heavy atom. The van der Waals surface area contributed by atoms with E-state index in [0.29, 0.717) is 35.5 Å². The molecule has 0 aliphatic heterocycles.